The number of benzene rings is 1. The second kappa shape index (κ2) is 7.41. The molecule has 0 spiro atoms. The van der Waals surface area contributed by atoms with Crippen LogP contribution in [-0.2, 0) is 9.53 Å². The summed E-state index contributed by atoms with van der Waals surface area (Å²) in [6.07, 6.45) is 3.08. The minimum absolute atomic E-state index is 0.132. The van der Waals surface area contributed by atoms with Crippen molar-refractivity contribution in [1.29, 1.82) is 0 Å². The molecule has 0 aromatic heterocycles. The SMILES string of the molecule is CC=CCOC(=O)CCC(=O)c1ccc(F)cc1F. The number of Topliss-reactive ketones (excluding diaryl/α,β-unsaturated/α-hetero) is 1. The van der Waals surface area contributed by atoms with Crippen LogP contribution in [0.4, 0.5) is 8.78 Å². The summed E-state index contributed by atoms with van der Waals surface area (Å²) < 4.78 is 30.7. The first-order valence-corrected chi connectivity index (χ1v) is 5.79. The number of esters is 1. The van der Waals surface area contributed by atoms with Gasteiger partial charge in [0.05, 0.1) is 12.0 Å². The predicted molar refractivity (Wildman–Crippen MR) is 65.7 cm³/mol. The van der Waals surface area contributed by atoms with Gasteiger partial charge in [-0.2, -0.15) is 0 Å². The highest BCUT2D eigenvalue weighted by molar-refractivity contribution is 5.97. The molecule has 0 bridgehead atoms. The molecule has 0 radical (unpaired) electrons. The lowest BCUT2D eigenvalue weighted by molar-refractivity contribution is -0.142. The Bertz CT molecular complexity index is 495. The van der Waals surface area contributed by atoms with Gasteiger partial charge in [-0.25, -0.2) is 8.78 Å². The lowest BCUT2D eigenvalue weighted by atomic mass is 10.1. The summed E-state index contributed by atoms with van der Waals surface area (Å²) in [4.78, 5) is 22.9. The van der Waals surface area contributed by atoms with Crippen LogP contribution in [0.15, 0.2) is 30.4 Å². The van der Waals surface area contributed by atoms with Crippen molar-refractivity contribution in [3.05, 3.63) is 47.5 Å². The molecule has 102 valence electrons. The minimum atomic E-state index is -0.924. The van der Waals surface area contributed by atoms with Crippen molar-refractivity contribution in [2.45, 2.75) is 19.8 Å². The van der Waals surface area contributed by atoms with E-state index in [1.54, 1.807) is 19.1 Å². The topological polar surface area (TPSA) is 43.4 Å². The fourth-order valence-electron chi connectivity index (χ4n) is 1.38. The average Bonchev–Trinajstić information content (AvgIpc) is 2.36. The Labute approximate surface area is 109 Å². The third-order valence-corrected chi connectivity index (χ3v) is 2.36. The van der Waals surface area contributed by atoms with Crippen LogP contribution in [0, 0.1) is 11.6 Å². The number of ketones is 1. The Morgan fingerprint density at radius 3 is 2.63 bits per heavy atom. The van der Waals surface area contributed by atoms with Crippen molar-refractivity contribution in [3.63, 3.8) is 0 Å². The van der Waals surface area contributed by atoms with E-state index in [1.807, 2.05) is 0 Å². The van der Waals surface area contributed by atoms with Crippen LogP contribution in [-0.4, -0.2) is 18.4 Å². The first kappa shape index (κ1) is 15.0. The third-order valence-electron chi connectivity index (χ3n) is 2.36. The number of hydrogen-bond donors (Lipinski definition) is 0. The quantitative estimate of drug-likeness (QED) is 0.452. The molecule has 0 amide bonds. The van der Waals surface area contributed by atoms with Gasteiger partial charge in [0.1, 0.15) is 18.2 Å². The van der Waals surface area contributed by atoms with Gasteiger partial charge in [-0.3, -0.25) is 9.59 Å². The van der Waals surface area contributed by atoms with Crippen LogP contribution >= 0.6 is 0 Å². The molecule has 0 aliphatic rings. The lowest BCUT2D eigenvalue weighted by Gasteiger charge is -2.03. The van der Waals surface area contributed by atoms with Gasteiger partial charge in [0.15, 0.2) is 5.78 Å². The zero-order valence-corrected chi connectivity index (χ0v) is 10.5. The first-order valence-electron chi connectivity index (χ1n) is 5.79. The van der Waals surface area contributed by atoms with Crippen LogP contribution in [0.25, 0.3) is 0 Å². The molecule has 19 heavy (non-hydrogen) atoms. The number of allylic oxidation sites excluding steroid dienone is 1. The van der Waals surface area contributed by atoms with Gasteiger partial charge in [-0.15, -0.1) is 0 Å². The Morgan fingerprint density at radius 1 is 1.26 bits per heavy atom. The van der Waals surface area contributed by atoms with Gasteiger partial charge < -0.3 is 4.74 Å². The number of rotatable bonds is 6. The summed E-state index contributed by atoms with van der Waals surface area (Å²) in [6, 6.07) is 2.70. The molecular formula is C14H14F2O3. The van der Waals surface area contributed by atoms with Crippen LogP contribution in [0.3, 0.4) is 0 Å². The Balaban J connectivity index is 2.49. The van der Waals surface area contributed by atoms with Gasteiger partial charge in [0, 0.05) is 12.5 Å². The van der Waals surface area contributed by atoms with Crippen LogP contribution in [0.1, 0.15) is 30.1 Å². The summed E-state index contributed by atoms with van der Waals surface area (Å²) >= 11 is 0. The van der Waals surface area contributed by atoms with E-state index in [4.69, 9.17) is 4.74 Å². The zero-order chi connectivity index (χ0) is 14.3. The van der Waals surface area contributed by atoms with Crippen LogP contribution in [0.5, 0.6) is 0 Å². The molecule has 0 aliphatic carbocycles. The second-order valence-electron chi connectivity index (χ2n) is 3.80. The number of carbonyl (C=O) groups is 2. The highest BCUT2D eigenvalue weighted by atomic mass is 19.1. The standard InChI is InChI=1S/C14H14F2O3/c1-2-3-8-19-14(18)7-6-13(17)11-5-4-10(15)9-12(11)16/h2-5,9H,6-8H2,1H3. The van der Waals surface area contributed by atoms with E-state index in [9.17, 15) is 18.4 Å². The average molecular weight is 268 g/mol. The van der Waals surface area contributed by atoms with Crippen molar-refractivity contribution in [3.8, 4) is 0 Å². The van der Waals surface area contributed by atoms with Crippen molar-refractivity contribution in [2.75, 3.05) is 6.61 Å². The molecular weight excluding hydrogens is 254 g/mol. The maximum atomic E-state index is 13.3. The highest BCUT2D eigenvalue weighted by Crippen LogP contribution is 2.12. The summed E-state index contributed by atoms with van der Waals surface area (Å²) in [6.45, 7) is 1.93. The molecule has 0 fully saturated rings. The monoisotopic (exact) mass is 268 g/mol. The lowest BCUT2D eigenvalue weighted by Crippen LogP contribution is -2.09. The van der Waals surface area contributed by atoms with E-state index in [-0.39, 0.29) is 25.0 Å². The second-order valence-corrected chi connectivity index (χ2v) is 3.80. The van der Waals surface area contributed by atoms with Gasteiger partial charge >= 0.3 is 5.97 Å². The molecule has 3 nitrogen and oxygen atoms in total. The van der Waals surface area contributed by atoms with Crippen LogP contribution < -0.4 is 0 Å². The molecule has 1 rings (SSSR count). The summed E-state index contributed by atoms with van der Waals surface area (Å²) in [5.41, 5.74) is -0.220. The maximum absolute atomic E-state index is 13.3. The summed E-state index contributed by atoms with van der Waals surface area (Å²) in [5, 5.41) is 0. The fourth-order valence-corrected chi connectivity index (χ4v) is 1.38. The Morgan fingerprint density at radius 2 is 2.00 bits per heavy atom. The molecule has 1 aromatic carbocycles. The van der Waals surface area contributed by atoms with E-state index in [2.05, 4.69) is 0 Å². The number of carbonyl (C=O) groups excluding carboxylic acids is 2. The van der Waals surface area contributed by atoms with Crippen molar-refractivity contribution in [2.24, 2.45) is 0 Å². The molecule has 0 aliphatic heterocycles. The zero-order valence-electron chi connectivity index (χ0n) is 10.5. The van der Waals surface area contributed by atoms with Crippen LogP contribution in [0.2, 0.25) is 0 Å². The van der Waals surface area contributed by atoms with Crippen molar-refractivity contribution >= 4 is 11.8 Å². The smallest absolute Gasteiger partial charge is 0.306 e. The fraction of sp³-hybridized carbons (Fsp3) is 0.286. The molecule has 0 saturated carbocycles. The minimum Gasteiger partial charge on any atom is -0.461 e. The van der Waals surface area contributed by atoms with Gasteiger partial charge in [-0.1, -0.05) is 12.2 Å². The van der Waals surface area contributed by atoms with E-state index < -0.39 is 23.4 Å². The molecule has 1 aromatic rings. The highest BCUT2D eigenvalue weighted by Gasteiger charge is 2.14. The van der Waals surface area contributed by atoms with Gasteiger partial charge in [-0.05, 0) is 19.1 Å². The largest absolute Gasteiger partial charge is 0.461 e. The molecule has 0 N–H and O–H groups in total. The van der Waals surface area contributed by atoms with E-state index >= 15 is 0 Å². The van der Waals surface area contributed by atoms with Crippen molar-refractivity contribution in [1.82, 2.24) is 0 Å². The molecule has 0 heterocycles. The Kier molecular flexibility index (Phi) is 5.85. The summed E-state index contributed by atoms with van der Waals surface area (Å²) in [5.74, 6) is -2.76. The number of halogens is 2. The Hall–Kier alpha value is -2.04. The van der Waals surface area contributed by atoms with Gasteiger partial charge in [0.25, 0.3) is 0 Å². The van der Waals surface area contributed by atoms with E-state index in [0.29, 0.717) is 6.07 Å². The molecule has 5 heteroatoms. The predicted octanol–water partition coefficient (Wildman–Crippen LogP) is 3.05. The normalized spacial score (nSPS) is 10.7. The third kappa shape index (κ3) is 4.99. The number of ether oxygens (including phenoxy) is 1. The van der Waals surface area contributed by atoms with E-state index in [0.717, 1.165) is 12.1 Å². The molecule has 0 saturated heterocycles. The first-order chi connectivity index (χ1) is 9.04. The number of hydrogen-bond acceptors (Lipinski definition) is 3. The van der Waals surface area contributed by atoms with Crippen molar-refractivity contribution < 1.29 is 23.1 Å². The molecule has 0 atom stereocenters. The van der Waals surface area contributed by atoms with Gasteiger partial charge in [0.2, 0.25) is 0 Å². The maximum Gasteiger partial charge on any atom is 0.306 e. The molecule has 0 unspecified atom stereocenters. The summed E-state index contributed by atoms with van der Waals surface area (Å²) in [7, 11) is 0. The van der Waals surface area contributed by atoms with E-state index in [1.165, 1.54) is 0 Å².